The van der Waals surface area contributed by atoms with Crippen LogP contribution in [-0.4, -0.2) is 31.5 Å². The molecular weight excluding hydrogens is 194 g/mol. The van der Waals surface area contributed by atoms with Crippen molar-refractivity contribution >= 4 is 11.7 Å². The molecule has 0 fully saturated rings. The van der Waals surface area contributed by atoms with Gasteiger partial charge in [0.05, 0.1) is 13.0 Å². The second-order valence-corrected chi connectivity index (χ2v) is 3.48. The highest BCUT2D eigenvalue weighted by Crippen LogP contribution is 2.27. The van der Waals surface area contributed by atoms with E-state index in [1.807, 2.05) is 0 Å². The molecule has 4 nitrogen and oxygen atoms in total. The van der Waals surface area contributed by atoms with Crippen LogP contribution in [0.4, 0.5) is 0 Å². The molecule has 0 aromatic rings. The standard InChI is InChI=1S/C11H15NO3/c1-11(15-3,10(13)14-2)8-6-4-5-7-9(8)12/h4-8,12H,1-3H3. The van der Waals surface area contributed by atoms with Gasteiger partial charge in [-0.3, -0.25) is 0 Å². The number of allylic oxidation sites excluding steroid dienone is 3. The van der Waals surface area contributed by atoms with Crippen LogP contribution in [0.25, 0.3) is 0 Å². The van der Waals surface area contributed by atoms with Gasteiger partial charge >= 0.3 is 5.97 Å². The van der Waals surface area contributed by atoms with Crippen LogP contribution in [0.2, 0.25) is 0 Å². The number of ether oxygens (including phenoxy) is 2. The zero-order valence-corrected chi connectivity index (χ0v) is 9.11. The minimum absolute atomic E-state index is 0.340. The first-order valence-electron chi connectivity index (χ1n) is 4.63. The average Bonchev–Trinajstić information content (AvgIpc) is 2.27. The molecule has 0 heterocycles. The number of carbonyl (C=O) groups is 1. The molecule has 0 aliphatic heterocycles. The zero-order valence-electron chi connectivity index (χ0n) is 9.11. The van der Waals surface area contributed by atoms with Crippen molar-refractivity contribution in [2.24, 2.45) is 5.92 Å². The van der Waals surface area contributed by atoms with E-state index in [4.69, 9.17) is 10.1 Å². The number of nitrogens with one attached hydrogen (secondary N) is 1. The lowest BCUT2D eigenvalue weighted by Crippen LogP contribution is -2.48. The first kappa shape index (κ1) is 11.7. The maximum Gasteiger partial charge on any atom is 0.338 e. The van der Waals surface area contributed by atoms with Gasteiger partial charge in [-0.2, -0.15) is 0 Å². The van der Waals surface area contributed by atoms with Crippen molar-refractivity contribution < 1.29 is 14.3 Å². The Balaban J connectivity index is 3.01. The normalized spacial score (nSPS) is 23.7. The number of carbonyl (C=O) groups excluding carboxylic acids is 1. The Kier molecular flexibility index (Phi) is 3.42. The number of methoxy groups -OCH3 is 2. The van der Waals surface area contributed by atoms with E-state index >= 15 is 0 Å². The highest BCUT2D eigenvalue weighted by atomic mass is 16.6. The van der Waals surface area contributed by atoms with E-state index in [1.165, 1.54) is 14.2 Å². The smallest absolute Gasteiger partial charge is 0.338 e. The van der Waals surface area contributed by atoms with Gasteiger partial charge in [-0.05, 0) is 13.0 Å². The summed E-state index contributed by atoms with van der Waals surface area (Å²) in [5, 5.41) is 7.75. The molecule has 1 aliphatic carbocycles. The van der Waals surface area contributed by atoms with Crippen molar-refractivity contribution in [2.75, 3.05) is 14.2 Å². The molecule has 1 rings (SSSR count). The summed E-state index contributed by atoms with van der Waals surface area (Å²) < 4.78 is 9.89. The van der Waals surface area contributed by atoms with Gasteiger partial charge in [0, 0.05) is 12.8 Å². The molecule has 1 aliphatic rings. The fourth-order valence-corrected chi connectivity index (χ4v) is 1.56. The number of rotatable bonds is 3. The lowest BCUT2D eigenvalue weighted by molar-refractivity contribution is -0.166. The van der Waals surface area contributed by atoms with Crippen LogP contribution in [-0.2, 0) is 14.3 Å². The molecule has 4 heteroatoms. The van der Waals surface area contributed by atoms with Crippen LogP contribution < -0.4 is 0 Å². The lowest BCUT2D eigenvalue weighted by atomic mass is 9.82. The molecule has 0 saturated heterocycles. The van der Waals surface area contributed by atoms with E-state index in [-0.39, 0.29) is 0 Å². The van der Waals surface area contributed by atoms with Crippen molar-refractivity contribution in [3.8, 4) is 0 Å². The average molecular weight is 209 g/mol. The lowest BCUT2D eigenvalue weighted by Gasteiger charge is -2.32. The van der Waals surface area contributed by atoms with Crippen LogP contribution in [0.3, 0.4) is 0 Å². The van der Waals surface area contributed by atoms with Crippen molar-refractivity contribution in [1.82, 2.24) is 0 Å². The molecule has 0 aromatic heterocycles. The highest BCUT2D eigenvalue weighted by Gasteiger charge is 2.43. The predicted octanol–water partition coefficient (Wildman–Crippen LogP) is 1.33. The molecule has 0 spiro atoms. The fraction of sp³-hybridized carbons (Fsp3) is 0.455. The summed E-state index contributed by atoms with van der Waals surface area (Å²) in [7, 11) is 2.75. The Morgan fingerprint density at radius 2 is 2.13 bits per heavy atom. The van der Waals surface area contributed by atoms with Crippen LogP contribution in [0.5, 0.6) is 0 Å². The van der Waals surface area contributed by atoms with E-state index in [2.05, 4.69) is 4.74 Å². The van der Waals surface area contributed by atoms with Crippen molar-refractivity contribution in [3.05, 3.63) is 24.3 Å². The minimum atomic E-state index is -1.13. The van der Waals surface area contributed by atoms with Gasteiger partial charge in [-0.15, -0.1) is 0 Å². The first-order chi connectivity index (χ1) is 7.06. The zero-order chi connectivity index (χ0) is 11.5. The minimum Gasteiger partial charge on any atom is -0.467 e. The van der Waals surface area contributed by atoms with Gasteiger partial charge in [0.1, 0.15) is 0 Å². The summed E-state index contributed by atoms with van der Waals surface area (Å²) in [6.45, 7) is 1.63. The Hall–Kier alpha value is -1.42. The molecule has 82 valence electrons. The van der Waals surface area contributed by atoms with Gasteiger partial charge in [0.15, 0.2) is 5.60 Å². The summed E-state index contributed by atoms with van der Waals surface area (Å²) >= 11 is 0. The fourth-order valence-electron chi connectivity index (χ4n) is 1.56. The van der Waals surface area contributed by atoms with Gasteiger partial charge in [-0.1, -0.05) is 18.2 Å². The largest absolute Gasteiger partial charge is 0.467 e. The summed E-state index contributed by atoms with van der Waals surface area (Å²) in [6, 6.07) is 0. The first-order valence-corrected chi connectivity index (χ1v) is 4.63. The summed E-state index contributed by atoms with van der Waals surface area (Å²) in [5.41, 5.74) is -0.792. The monoisotopic (exact) mass is 209 g/mol. The highest BCUT2D eigenvalue weighted by molar-refractivity contribution is 6.01. The Bertz CT molecular complexity index is 333. The Morgan fingerprint density at radius 3 is 2.60 bits per heavy atom. The van der Waals surface area contributed by atoms with E-state index in [0.717, 1.165) is 0 Å². The molecule has 0 radical (unpaired) electrons. The third kappa shape index (κ3) is 1.99. The van der Waals surface area contributed by atoms with Crippen LogP contribution in [0.1, 0.15) is 6.92 Å². The molecule has 0 amide bonds. The molecule has 2 atom stereocenters. The van der Waals surface area contributed by atoms with E-state index in [1.54, 1.807) is 31.2 Å². The van der Waals surface area contributed by atoms with Gasteiger partial charge in [0.2, 0.25) is 0 Å². The maximum atomic E-state index is 11.6. The van der Waals surface area contributed by atoms with Crippen LogP contribution in [0, 0.1) is 11.3 Å². The predicted molar refractivity (Wildman–Crippen MR) is 56.9 cm³/mol. The molecule has 15 heavy (non-hydrogen) atoms. The quantitative estimate of drug-likeness (QED) is 0.713. The van der Waals surface area contributed by atoms with E-state index in [0.29, 0.717) is 5.71 Å². The summed E-state index contributed by atoms with van der Waals surface area (Å²) in [5.74, 6) is -0.875. The van der Waals surface area contributed by atoms with Crippen LogP contribution >= 0.6 is 0 Å². The second kappa shape index (κ2) is 4.40. The van der Waals surface area contributed by atoms with E-state index < -0.39 is 17.5 Å². The van der Waals surface area contributed by atoms with Crippen molar-refractivity contribution in [2.45, 2.75) is 12.5 Å². The molecule has 0 bridgehead atoms. The van der Waals surface area contributed by atoms with E-state index in [9.17, 15) is 4.79 Å². The second-order valence-electron chi connectivity index (χ2n) is 3.48. The van der Waals surface area contributed by atoms with Gasteiger partial charge in [-0.25, -0.2) is 4.79 Å². The number of hydrogen-bond donors (Lipinski definition) is 1. The Labute approximate surface area is 89.1 Å². The van der Waals surface area contributed by atoms with Gasteiger partial charge < -0.3 is 14.9 Å². The summed E-state index contributed by atoms with van der Waals surface area (Å²) in [6.07, 6.45) is 6.96. The topological polar surface area (TPSA) is 59.4 Å². The third-order valence-electron chi connectivity index (χ3n) is 2.63. The molecule has 0 saturated carbocycles. The van der Waals surface area contributed by atoms with Gasteiger partial charge in [0.25, 0.3) is 0 Å². The van der Waals surface area contributed by atoms with Crippen molar-refractivity contribution in [1.29, 1.82) is 5.41 Å². The SMILES string of the molecule is COC(=O)C(C)(OC)C1C=CC=CC1=N. The molecular formula is C11H15NO3. The van der Waals surface area contributed by atoms with Crippen molar-refractivity contribution in [3.63, 3.8) is 0 Å². The molecule has 2 unspecified atom stereocenters. The third-order valence-corrected chi connectivity index (χ3v) is 2.63. The van der Waals surface area contributed by atoms with Crippen LogP contribution in [0.15, 0.2) is 24.3 Å². The Morgan fingerprint density at radius 1 is 1.47 bits per heavy atom. The number of esters is 1. The molecule has 1 N–H and O–H groups in total. The number of hydrogen-bond acceptors (Lipinski definition) is 4. The summed E-state index contributed by atoms with van der Waals surface area (Å²) in [4.78, 5) is 11.6. The maximum absolute atomic E-state index is 11.6. The molecule has 0 aromatic carbocycles.